The monoisotopic (exact) mass is 231 g/mol. The Balaban J connectivity index is 2.37. The maximum absolute atomic E-state index is 4.47. The predicted octanol–water partition coefficient (Wildman–Crippen LogP) is 2.10. The van der Waals surface area contributed by atoms with Gasteiger partial charge in [0.1, 0.15) is 5.82 Å². The maximum atomic E-state index is 4.47. The third kappa shape index (κ3) is 2.61. The van der Waals surface area contributed by atoms with Gasteiger partial charge in [-0.3, -0.25) is 4.68 Å². The standard InChI is InChI=1S/C12H17N5/c1-4-13-11-6-9(3)15-12(16-11)10-7-14-17(5-2)8-10/h6-8H,4-5H2,1-3H3,(H,13,15,16). The fourth-order valence-electron chi connectivity index (χ4n) is 1.62. The second-order valence-electron chi connectivity index (χ2n) is 3.83. The Morgan fingerprint density at radius 1 is 1.29 bits per heavy atom. The van der Waals surface area contributed by atoms with E-state index in [1.165, 1.54) is 0 Å². The van der Waals surface area contributed by atoms with E-state index in [0.717, 1.165) is 36.0 Å². The van der Waals surface area contributed by atoms with Crippen LogP contribution >= 0.6 is 0 Å². The van der Waals surface area contributed by atoms with Crippen LogP contribution in [0.15, 0.2) is 18.5 Å². The molecule has 0 atom stereocenters. The lowest BCUT2D eigenvalue weighted by Gasteiger charge is -2.05. The normalized spacial score (nSPS) is 10.5. The second kappa shape index (κ2) is 4.95. The minimum Gasteiger partial charge on any atom is -0.370 e. The topological polar surface area (TPSA) is 55.6 Å². The zero-order chi connectivity index (χ0) is 12.3. The van der Waals surface area contributed by atoms with Crippen molar-refractivity contribution in [3.05, 3.63) is 24.2 Å². The van der Waals surface area contributed by atoms with Crippen molar-refractivity contribution in [2.24, 2.45) is 0 Å². The quantitative estimate of drug-likeness (QED) is 0.875. The molecule has 0 saturated heterocycles. The van der Waals surface area contributed by atoms with Crippen LogP contribution in [0.2, 0.25) is 0 Å². The summed E-state index contributed by atoms with van der Waals surface area (Å²) < 4.78 is 1.87. The third-order valence-electron chi connectivity index (χ3n) is 2.43. The first-order valence-corrected chi connectivity index (χ1v) is 5.85. The van der Waals surface area contributed by atoms with E-state index in [9.17, 15) is 0 Å². The third-order valence-corrected chi connectivity index (χ3v) is 2.43. The number of anilines is 1. The van der Waals surface area contributed by atoms with E-state index >= 15 is 0 Å². The highest BCUT2D eigenvalue weighted by Gasteiger charge is 2.06. The van der Waals surface area contributed by atoms with Crippen molar-refractivity contribution in [3.8, 4) is 11.4 Å². The van der Waals surface area contributed by atoms with Gasteiger partial charge in [-0.2, -0.15) is 5.10 Å². The fraction of sp³-hybridized carbons (Fsp3) is 0.417. The number of hydrogen-bond donors (Lipinski definition) is 1. The molecule has 0 amide bonds. The second-order valence-corrected chi connectivity index (χ2v) is 3.83. The molecule has 0 unspecified atom stereocenters. The van der Waals surface area contributed by atoms with Gasteiger partial charge in [0.25, 0.3) is 0 Å². The van der Waals surface area contributed by atoms with Crippen LogP contribution < -0.4 is 5.32 Å². The highest BCUT2D eigenvalue weighted by Crippen LogP contribution is 2.17. The number of aryl methyl sites for hydroxylation is 2. The van der Waals surface area contributed by atoms with Crippen LogP contribution in [0.1, 0.15) is 19.5 Å². The van der Waals surface area contributed by atoms with E-state index in [4.69, 9.17) is 0 Å². The number of nitrogens with zero attached hydrogens (tertiary/aromatic N) is 4. The highest BCUT2D eigenvalue weighted by molar-refractivity contribution is 5.55. The highest BCUT2D eigenvalue weighted by atomic mass is 15.3. The number of aromatic nitrogens is 4. The van der Waals surface area contributed by atoms with Crippen LogP contribution in [0.3, 0.4) is 0 Å². The summed E-state index contributed by atoms with van der Waals surface area (Å²) in [5.41, 5.74) is 1.91. The molecule has 5 heteroatoms. The summed E-state index contributed by atoms with van der Waals surface area (Å²) in [6, 6.07) is 1.94. The molecule has 2 aromatic rings. The summed E-state index contributed by atoms with van der Waals surface area (Å²) in [5, 5.41) is 7.43. The summed E-state index contributed by atoms with van der Waals surface area (Å²) in [5.74, 6) is 1.58. The summed E-state index contributed by atoms with van der Waals surface area (Å²) in [7, 11) is 0. The number of nitrogens with one attached hydrogen (secondary N) is 1. The number of hydrogen-bond acceptors (Lipinski definition) is 4. The van der Waals surface area contributed by atoms with Crippen molar-refractivity contribution in [2.75, 3.05) is 11.9 Å². The Labute approximate surface area is 101 Å². The van der Waals surface area contributed by atoms with E-state index in [2.05, 4.69) is 27.3 Å². The largest absolute Gasteiger partial charge is 0.370 e. The molecule has 0 aromatic carbocycles. The van der Waals surface area contributed by atoms with E-state index in [-0.39, 0.29) is 0 Å². The van der Waals surface area contributed by atoms with Crippen LogP contribution in [0, 0.1) is 6.92 Å². The molecule has 0 bridgehead atoms. The molecule has 90 valence electrons. The Bertz CT molecular complexity index is 503. The zero-order valence-electron chi connectivity index (χ0n) is 10.4. The van der Waals surface area contributed by atoms with Crippen molar-refractivity contribution in [2.45, 2.75) is 27.3 Å². The van der Waals surface area contributed by atoms with Crippen LogP contribution in [-0.2, 0) is 6.54 Å². The molecule has 2 heterocycles. The van der Waals surface area contributed by atoms with Crippen LogP contribution in [0.4, 0.5) is 5.82 Å². The lowest BCUT2D eigenvalue weighted by Crippen LogP contribution is -2.02. The lowest BCUT2D eigenvalue weighted by molar-refractivity contribution is 0.660. The minimum atomic E-state index is 0.723. The minimum absolute atomic E-state index is 0.723. The van der Waals surface area contributed by atoms with Gasteiger partial charge in [-0.1, -0.05) is 0 Å². The van der Waals surface area contributed by atoms with Crippen molar-refractivity contribution in [3.63, 3.8) is 0 Å². The van der Waals surface area contributed by atoms with Crippen LogP contribution in [-0.4, -0.2) is 26.3 Å². The lowest BCUT2D eigenvalue weighted by atomic mass is 10.3. The van der Waals surface area contributed by atoms with Crippen molar-refractivity contribution >= 4 is 5.82 Å². The van der Waals surface area contributed by atoms with E-state index in [0.29, 0.717) is 0 Å². The van der Waals surface area contributed by atoms with Gasteiger partial charge in [0.05, 0.1) is 11.8 Å². The zero-order valence-corrected chi connectivity index (χ0v) is 10.4. The molecule has 2 rings (SSSR count). The average Bonchev–Trinajstić information content (AvgIpc) is 2.77. The smallest absolute Gasteiger partial charge is 0.164 e. The average molecular weight is 231 g/mol. The van der Waals surface area contributed by atoms with E-state index in [1.54, 1.807) is 6.20 Å². The molecule has 17 heavy (non-hydrogen) atoms. The van der Waals surface area contributed by atoms with Crippen molar-refractivity contribution in [1.29, 1.82) is 0 Å². The predicted molar refractivity (Wildman–Crippen MR) is 67.8 cm³/mol. The van der Waals surface area contributed by atoms with E-state index in [1.807, 2.05) is 30.8 Å². The maximum Gasteiger partial charge on any atom is 0.164 e. The molecular formula is C12H17N5. The van der Waals surface area contributed by atoms with Gasteiger partial charge < -0.3 is 5.32 Å². The summed E-state index contributed by atoms with van der Waals surface area (Å²) in [4.78, 5) is 8.90. The van der Waals surface area contributed by atoms with Gasteiger partial charge in [0, 0.05) is 31.0 Å². The van der Waals surface area contributed by atoms with Crippen LogP contribution in [0.5, 0.6) is 0 Å². The van der Waals surface area contributed by atoms with Gasteiger partial charge >= 0.3 is 0 Å². The van der Waals surface area contributed by atoms with E-state index < -0.39 is 0 Å². The number of rotatable bonds is 4. The summed E-state index contributed by atoms with van der Waals surface area (Å²) >= 11 is 0. The molecule has 0 saturated carbocycles. The summed E-state index contributed by atoms with van der Waals surface area (Å²) in [6.45, 7) is 7.77. The van der Waals surface area contributed by atoms with Gasteiger partial charge in [-0.25, -0.2) is 9.97 Å². The van der Waals surface area contributed by atoms with Gasteiger partial charge in [0.2, 0.25) is 0 Å². The molecule has 0 fully saturated rings. The molecule has 0 aliphatic carbocycles. The molecule has 0 radical (unpaired) electrons. The van der Waals surface area contributed by atoms with Gasteiger partial charge in [-0.05, 0) is 20.8 Å². The first-order chi connectivity index (χ1) is 8.22. The molecule has 0 spiro atoms. The Hall–Kier alpha value is -1.91. The molecular weight excluding hydrogens is 214 g/mol. The Morgan fingerprint density at radius 3 is 2.76 bits per heavy atom. The van der Waals surface area contributed by atoms with Crippen molar-refractivity contribution < 1.29 is 0 Å². The van der Waals surface area contributed by atoms with Gasteiger partial charge in [-0.15, -0.1) is 0 Å². The first-order valence-electron chi connectivity index (χ1n) is 5.85. The van der Waals surface area contributed by atoms with Crippen molar-refractivity contribution in [1.82, 2.24) is 19.7 Å². The fourth-order valence-corrected chi connectivity index (χ4v) is 1.62. The summed E-state index contributed by atoms with van der Waals surface area (Å²) in [6.07, 6.45) is 3.76. The molecule has 2 aromatic heterocycles. The SMILES string of the molecule is CCNc1cc(C)nc(-c2cnn(CC)c2)n1. The van der Waals surface area contributed by atoms with Gasteiger partial charge in [0.15, 0.2) is 5.82 Å². The Kier molecular flexibility index (Phi) is 3.37. The molecule has 0 aliphatic rings. The Morgan fingerprint density at radius 2 is 2.12 bits per heavy atom. The van der Waals surface area contributed by atoms with Crippen LogP contribution in [0.25, 0.3) is 11.4 Å². The molecule has 1 N–H and O–H groups in total. The molecule has 5 nitrogen and oxygen atoms in total. The molecule has 0 aliphatic heterocycles. The first kappa shape index (κ1) is 11.6.